The van der Waals surface area contributed by atoms with Gasteiger partial charge in [0.1, 0.15) is 6.54 Å². The van der Waals surface area contributed by atoms with Gasteiger partial charge >= 0.3 is 10.8 Å². The number of carboxylic acid groups (broad SMARTS) is 1. The molecule has 5 heteroatoms. The molecule has 0 bridgehead atoms. The molecule has 1 heterocycles. The Bertz CT molecular complexity index is 842. The highest BCUT2D eigenvalue weighted by atomic mass is 32.1. The van der Waals surface area contributed by atoms with Crippen molar-refractivity contribution in [3.05, 3.63) is 57.5 Å². The second-order valence-corrected chi connectivity index (χ2v) is 5.21. The maximum atomic E-state index is 11.8. The van der Waals surface area contributed by atoms with Gasteiger partial charge in [-0.1, -0.05) is 53.8 Å². The predicted molar refractivity (Wildman–Crippen MR) is 79.2 cm³/mol. The topological polar surface area (TPSA) is 59.3 Å². The minimum atomic E-state index is -1.02. The van der Waals surface area contributed by atoms with Crippen molar-refractivity contribution in [2.75, 3.05) is 0 Å². The van der Waals surface area contributed by atoms with Crippen molar-refractivity contribution in [1.82, 2.24) is 4.57 Å². The summed E-state index contributed by atoms with van der Waals surface area (Å²) in [7, 11) is 0. The number of aromatic nitrogens is 1. The third kappa shape index (κ3) is 2.12. The molecule has 0 unspecified atom stereocenters. The van der Waals surface area contributed by atoms with Crippen LogP contribution in [0.25, 0.3) is 22.0 Å². The van der Waals surface area contributed by atoms with Gasteiger partial charge in [0.15, 0.2) is 0 Å². The number of aliphatic carboxylic acids is 1. The summed E-state index contributed by atoms with van der Waals surface area (Å²) in [6.45, 7) is -0.319. The number of carbonyl (C=O) groups is 1. The van der Waals surface area contributed by atoms with Crippen molar-refractivity contribution in [1.29, 1.82) is 0 Å². The predicted octanol–water partition coefficient (Wildman–Crippen LogP) is 2.81. The molecule has 0 saturated heterocycles. The van der Waals surface area contributed by atoms with E-state index in [0.29, 0.717) is 5.69 Å². The van der Waals surface area contributed by atoms with E-state index in [1.165, 1.54) is 4.57 Å². The molecule has 1 N–H and O–H groups in total. The molecule has 0 aliphatic heterocycles. The molecule has 0 fully saturated rings. The highest BCUT2D eigenvalue weighted by Gasteiger charge is 2.13. The summed E-state index contributed by atoms with van der Waals surface area (Å²) in [5.74, 6) is -1.02. The zero-order valence-corrected chi connectivity index (χ0v) is 11.3. The van der Waals surface area contributed by atoms with Crippen molar-refractivity contribution in [2.45, 2.75) is 6.54 Å². The first-order valence-corrected chi connectivity index (χ1v) is 6.93. The van der Waals surface area contributed by atoms with Crippen LogP contribution in [0.3, 0.4) is 0 Å². The summed E-state index contributed by atoms with van der Waals surface area (Å²) in [5.41, 5.74) is 1.53. The van der Waals surface area contributed by atoms with E-state index < -0.39 is 5.97 Å². The Balaban J connectivity index is 2.26. The molecule has 0 spiro atoms. The maximum Gasteiger partial charge on any atom is 0.323 e. The number of thiazole rings is 1. The van der Waals surface area contributed by atoms with Gasteiger partial charge in [-0.3, -0.25) is 14.2 Å². The van der Waals surface area contributed by atoms with E-state index in [2.05, 4.69) is 0 Å². The van der Waals surface area contributed by atoms with Crippen LogP contribution in [-0.4, -0.2) is 15.6 Å². The summed E-state index contributed by atoms with van der Waals surface area (Å²) in [4.78, 5) is 22.5. The van der Waals surface area contributed by atoms with Crippen LogP contribution >= 0.6 is 11.3 Å². The Labute approximate surface area is 118 Å². The molecule has 3 aromatic rings. The second kappa shape index (κ2) is 4.94. The van der Waals surface area contributed by atoms with Gasteiger partial charge in [-0.15, -0.1) is 0 Å². The third-order valence-corrected chi connectivity index (χ3v) is 3.90. The molecule has 4 nitrogen and oxygen atoms in total. The molecule has 0 radical (unpaired) electrons. The average molecular weight is 285 g/mol. The van der Waals surface area contributed by atoms with E-state index in [1.807, 2.05) is 42.5 Å². The Kier molecular flexibility index (Phi) is 3.12. The second-order valence-electron chi connectivity index (χ2n) is 4.39. The van der Waals surface area contributed by atoms with Gasteiger partial charge in [0.25, 0.3) is 0 Å². The van der Waals surface area contributed by atoms with Crippen molar-refractivity contribution in [3.63, 3.8) is 0 Å². The van der Waals surface area contributed by atoms with Gasteiger partial charge in [0, 0.05) is 10.9 Å². The monoisotopic (exact) mass is 285 g/mol. The fourth-order valence-corrected chi connectivity index (χ4v) is 3.03. The quantitative estimate of drug-likeness (QED) is 0.805. The van der Waals surface area contributed by atoms with E-state index in [-0.39, 0.29) is 11.4 Å². The molecule has 100 valence electrons. The van der Waals surface area contributed by atoms with E-state index in [9.17, 15) is 9.59 Å². The highest BCUT2D eigenvalue weighted by molar-refractivity contribution is 7.07. The van der Waals surface area contributed by atoms with E-state index in [0.717, 1.165) is 27.7 Å². The first-order valence-electron chi connectivity index (χ1n) is 6.05. The normalized spacial score (nSPS) is 10.8. The minimum Gasteiger partial charge on any atom is -0.480 e. The van der Waals surface area contributed by atoms with Gasteiger partial charge in [-0.05, 0) is 10.8 Å². The van der Waals surface area contributed by atoms with Crippen molar-refractivity contribution in [3.8, 4) is 11.3 Å². The zero-order chi connectivity index (χ0) is 14.1. The Morgan fingerprint density at radius 1 is 1.15 bits per heavy atom. The molecule has 0 amide bonds. The largest absolute Gasteiger partial charge is 0.480 e. The third-order valence-electron chi connectivity index (χ3n) is 3.14. The lowest BCUT2D eigenvalue weighted by Gasteiger charge is -2.08. The first kappa shape index (κ1) is 12.6. The fraction of sp³-hybridized carbons (Fsp3) is 0.0667. The summed E-state index contributed by atoms with van der Waals surface area (Å²) in [6.07, 6.45) is 0. The molecule has 2 aromatic carbocycles. The Morgan fingerprint density at radius 2 is 1.90 bits per heavy atom. The zero-order valence-electron chi connectivity index (χ0n) is 10.4. The van der Waals surface area contributed by atoms with E-state index >= 15 is 0 Å². The van der Waals surface area contributed by atoms with E-state index in [4.69, 9.17) is 5.11 Å². The Hall–Kier alpha value is -2.40. The van der Waals surface area contributed by atoms with Crippen molar-refractivity contribution < 1.29 is 9.90 Å². The molecule has 1 aromatic heterocycles. The molecular weight excluding hydrogens is 274 g/mol. The standard InChI is InChI=1S/C15H11NO3S/c17-14(18)8-16-13(9-20-15(16)19)12-7-3-5-10-4-1-2-6-11(10)12/h1-7,9H,8H2,(H,17,18). The van der Waals surface area contributed by atoms with Crippen molar-refractivity contribution >= 4 is 28.1 Å². The number of benzene rings is 2. The van der Waals surface area contributed by atoms with Crippen molar-refractivity contribution in [2.24, 2.45) is 0 Å². The first-order chi connectivity index (χ1) is 9.66. The lowest BCUT2D eigenvalue weighted by molar-refractivity contribution is -0.137. The maximum absolute atomic E-state index is 11.8. The van der Waals surface area contributed by atoms with Crippen LogP contribution in [0.2, 0.25) is 0 Å². The number of hydrogen-bond acceptors (Lipinski definition) is 3. The lowest BCUT2D eigenvalue weighted by Crippen LogP contribution is -2.19. The molecule has 20 heavy (non-hydrogen) atoms. The smallest absolute Gasteiger partial charge is 0.323 e. The van der Waals surface area contributed by atoms with Gasteiger partial charge in [-0.2, -0.15) is 0 Å². The van der Waals surface area contributed by atoms with Crippen LogP contribution < -0.4 is 4.87 Å². The van der Waals surface area contributed by atoms with Gasteiger partial charge in [0.05, 0.1) is 5.69 Å². The number of fused-ring (bicyclic) bond motifs is 1. The van der Waals surface area contributed by atoms with Crippen LogP contribution in [0.1, 0.15) is 0 Å². The molecule has 0 aliphatic rings. The number of nitrogens with zero attached hydrogens (tertiary/aromatic N) is 1. The number of hydrogen-bond donors (Lipinski definition) is 1. The van der Waals surface area contributed by atoms with E-state index in [1.54, 1.807) is 5.38 Å². The van der Waals surface area contributed by atoms with Gasteiger partial charge < -0.3 is 5.11 Å². The van der Waals surface area contributed by atoms with Crippen LogP contribution in [0.15, 0.2) is 52.6 Å². The van der Waals surface area contributed by atoms with Crippen LogP contribution in [-0.2, 0) is 11.3 Å². The molecule has 0 saturated carbocycles. The lowest BCUT2D eigenvalue weighted by atomic mass is 10.0. The average Bonchev–Trinajstić information content (AvgIpc) is 2.79. The molecular formula is C15H11NO3S. The van der Waals surface area contributed by atoms with Crippen LogP contribution in [0, 0.1) is 0 Å². The number of carboxylic acids is 1. The SMILES string of the molecule is O=C(O)Cn1c(-c2cccc3ccccc23)csc1=O. The summed E-state index contributed by atoms with van der Waals surface area (Å²) in [6, 6.07) is 13.6. The molecule has 3 rings (SSSR count). The summed E-state index contributed by atoms with van der Waals surface area (Å²) >= 11 is 1.02. The minimum absolute atomic E-state index is 0.254. The summed E-state index contributed by atoms with van der Waals surface area (Å²) in [5, 5.41) is 12.7. The Morgan fingerprint density at radius 3 is 2.70 bits per heavy atom. The molecule has 0 aliphatic carbocycles. The summed E-state index contributed by atoms with van der Waals surface area (Å²) < 4.78 is 1.30. The fourth-order valence-electron chi connectivity index (χ4n) is 2.27. The van der Waals surface area contributed by atoms with Crippen LogP contribution in [0.4, 0.5) is 0 Å². The number of rotatable bonds is 3. The van der Waals surface area contributed by atoms with Gasteiger partial charge in [-0.25, -0.2) is 0 Å². The molecule has 0 atom stereocenters. The highest BCUT2D eigenvalue weighted by Crippen LogP contribution is 2.28. The van der Waals surface area contributed by atoms with Crippen LogP contribution in [0.5, 0.6) is 0 Å². The van der Waals surface area contributed by atoms with Gasteiger partial charge in [0.2, 0.25) is 0 Å².